The van der Waals surface area contributed by atoms with Crippen LogP contribution in [0.1, 0.15) is 40.5 Å². The highest BCUT2D eigenvalue weighted by Gasteiger charge is 2.32. The molecule has 1 heterocycles. The topological polar surface area (TPSA) is 62.3 Å². The van der Waals surface area contributed by atoms with E-state index in [1.54, 1.807) is 23.5 Å². The first-order chi connectivity index (χ1) is 9.88. The maximum atomic E-state index is 13.0. The molecule has 5 nitrogen and oxygen atoms in total. The van der Waals surface area contributed by atoms with Gasteiger partial charge in [-0.3, -0.25) is 0 Å². The third kappa shape index (κ3) is 4.17. The summed E-state index contributed by atoms with van der Waals surface area (Å²) in [5, 5.41) is 3.03. The first-order valence-electron chi connectivity index (χ1n) is 7.53. The van der Waals surface area contributed by atoms with Crippen LogP contribution in [0.2, 0.25) is 0 Å². The fraction of sp³-hybridized carbons (Fsp3) is 0.667. The molecule has 6 heteroatoms. The molecule has 21 heavy (non-hydrogen) atoms. The second-order valence-electron chi connectivity index (χ2n) is 5.55. The van der Waals surface area contributed by atoms with Crippen molar-refractivity contribution in [3.05, 3.63) is 18.3 Å². The van der Waals surface area contributed by atoms with Crippen LogP contribution in [0.15, 0.2) is 23.4 Å². The van der Waals surface area contributed by atoms with Gasteiger partial charge < -0.3 is 5.32 Å². The van der Waals surface area contributed by atoms with Crippen LogP contribution in [0.3, 0.4) is 0 Å². The molecular weight excluding hydrogens is 286 g/mol. The minimum atomic E-state index is -3.60. The van der Waals surface area contributed by atoms with Gasteiger partial charge in [-0.05, 0) is 30.9 Å². The van der Waals surface area contributed by atoms with E-state index in [4.69, 9.17) is 0 Å². The second-order valence-corrected chi connectivity index (χ2v) is 7.35. The largest absolute Gasteiger partial charge is 0.386 e. The molecule has 0 aromatic carbocycles. The quantitative estimate of drug-likeness (QED) is 0.801. The van der Waals surface area contributed by atoms with Crippen molar-refractivity contribution in [1.82, 2.24) is 9.29 Å². The number of rotatable bonds is 8. The van der Waals surface area contributed by atoms with Crippen molar-refractivity contribution in [2.24, 2.45) is 5.92 Å². The van der Waals surface area contributed by atoms with Crippen LogP contribution in [0.5, 0.6) is 0 Å². The molecule has 0 spiro atoms. The van der Waals surface area contributed by atoms with Gasteiger partial charge in [0.1, 0.15) is 0 Å². The number of nitrogens with zero attached hydrogens (tertiary/aromatic N) is 2. The minimum absolute atomic E-state index is 0.00381. The molecule has 0 saturated heterocycles. The van der Waals surface area contributed by atoms with Gasteiger partial charge in [-0.25, -0.2) is 13.4 Å². The average molecular weight is 313 g/mol. The molecule has 0 aliphatic carbocycles. The Kier molecular flexibility index (Phi) is 6.61. The van der Waals surface area contributed by atoms with E-state index in [0.717, 1.165) is 12.8 Å². The zero-order chi connectivity index (χ0) is 16.0. The van der Waals surface area contributed by atoms with Crippen LogP contribution in [0, 0.1) is 5.92 Å². The van der Waals surface area contributed by atoms with E-state index in [2.05, 4.69) is 10.3 Å². The number of pyridine rings is 1. The zero-order valence-corrected chi connectivity index (χ0v) is 14.4. The summed E-state index contributed by atoms with van der Waals surface area (Å²) in [7, 11) is -1.89. The molecule has 1 N–H and O–H groups in total. The highest BCUT2D eigenvalue weighted by Crippen LogP contribution is 2.26. The lowest BCUT2D eigenvalue weighted by Gasteiger charge is -2.31. The molecule has 0 aliphatic rings. The number of hydrogen-bond acceptors (Lipinski definition) is 4. The molecule has 1 rings (SSSR count). The van der Waals surface area contributed by atoms with Crippen molar-refractivity contribution in [2.75, 3.05) is 18.9 Å². The molecule has 0 radical (unpaired) electrons. The van der Waals surface area contributed by atoms with Gasteiger partial charge in [0.15, 0.2) is 5.03 Å². The maximum absolute atomic E-state index is 13.0. The third-order valence-electron chi connectivity index (χ3n) is 3.49. The van der Waals surface area contributed by atoms with Gasteiger partial charge in [0.05, 0.1) is 5.69 Å². The SMILES string of the molecule is CCC(CC)N(CC(C)C)S(=O)(=O)c1ncccc1NC. The van der Waals surface area contributed by atoms with Crippen molar-refractivity contribution in [2.45, 2.75) is 51.6 Å². The summed E-state index contributed by atoms with van der Waals surface area (Å²) >= 11 is 0. The smallest absolute Gasteiger partial charge is 0.262 e. The van der Waals surface area contributed by atoms with Crippen molar-refractivity contribution in [3.63, 3.8) is 0 Å². The van der Waals surface area contributed by atoms with E-state index in [0.29, 0.717) is 12.2 Å². The van der Waals surface area contributed by atoms with E-state index in [-0.39, 0.29) is 17.0 Å². The van der Waals surface area contributed by atoms with E-state index < -0.39 is 10.0 Å². The molecule has 0 saturated carbocycles. The molecule has 0 aliphatic heterocycles. The molecule has 1 aromatic rings. The van der Waals surface area contributed by atoms with Crippen LogP contribution in [-0.2, 0) is 10.0 Å². The van der Waals surface area contributed by atoms with Gasteiger partial charge in [-0.15, -0.1) is 0 Å². The van der Waals surface area contributed by atoms with E-state index in [1.165, 1.54) is 6.20 Å². The Morgan fingerprint density at radius 2 is 1.90 bits per heavy atom. The third-order valence-corrected chi connectivity index (χ3v) is 5.37. The number of nitrogens with one attached hydrogen (secondary N) is 1. The van der Waals surface area contributed by atoms with Gasteiger partial charge in [0.2, 0.25) is 0 Å². The summed E-state index contributed by atoms with van der Waals surface area (Å²) in [5.41, 5.74) is 0.539. The lowest BCUT2D eigenvalue weighted by atomic mass is 10.1. The highest BCUT2D eigenvalue weighted by molar-refractivity contribution is 7.89. The second kappa shape index (κ2) is 7.75. The molecular formula is C15H27N3O2S. The normalized spacial score (nSPS) is 12.4. The van der Waals surface area contributed by atoms with Gasteiger partial charge in [0.25, 0.3) is 10.0 Å². The Hall–Kier alpha value is -1.14. The van der Waals surface area contributed by atoms with E-state index >= 15 is 0 Å². The van der Waals surface area contributed by atoms with Gasteiger partial charge in [0, 0.05) is 25.8 Å². The van der Waals surface area contributed by atoms with Gasteiger partial charge in [-0.1, -0.05) is 27.7 Å². The van der Waals surface area contributed by atoms with Crippen molar-refractivity contribution in [3.8, 4) is 0 Å². The number of aromatic nitrogens is 1. The van der Waals surface area contributed by atoms with Crippen LogP contribution in [0.4, 0.5) is 5.69 Å². The molecule has 120 valence electrons. The summed E-state index contributed by atoms with van der Waals surface area (Å²) < 4.78 is 27.7. The summed E-state index contributed by atoms with van der Waals surface area (Å²) in [6, 6.07) is 3.47. The monoisotopic (exact) mass is 313 g/mol. The predicted molar refractivity (Wildman–Crippen MR) is 86.9 cm³/mol. The van der Waals surface area contributed by atoms with Crippen molar-refractivity contribution >= 4 is 15.7 Å². The lowest BCUT2D eigenvalue weighted by molar-refractivity contribution is 0.276. The Balaban J connectivity index is 3.32. The van der Waals surface area contributed by atoms with Gasteiger partial charge in [-0.2, -0.15) is 4.31 Å². The molecule has 0 atom stereocenters. The summed E-state index contributed by atoms with van der Waals surface area (Å²) in [5.74, 6) is 0.266. The molecule has 0 unspecified atom stereocenters. The van der Waals surface area contributed by atoms with Crippen molar-refractivity contribution < 1.29 is 8.42 Å². The van der Waals surface area contributed by atoms with Crippen LogP contribution in [-0.4, -0.2) is 37.3 Å². The standard InChI is InChI=1S/C15H27N3O2S/c1-6-13(7-2)18(11-12(3)4)21(19,20)15-14(16-5)9-8-10-17-15/h8-10,12-13,16H,6-7,11H2,1-5H3. The minimum Gasteiger partial charge on any atom is -0.386 e. The maximum Gasteiger partial charge on any atom is 0.262 e. The zero-order valence-electron chi connectivity index (χ0n) is 13.6. The van der Waals surface area contributed by atoms with Crippen LogP contribution >= 0.6 is 0 Å². The molecule has 0 fully saturated rings. The first-order valence-corrected chi connectivity index (χ1v) is 8.97. The molecule has 0 amide bonds. The first kappa shape index (κ1) is 17.9. The van der Waals surface area contributed by atoms with Gasteiger partial charge >= 0.3 is 0 Å². The summed E-state index contributed by atoms with van der Waals surface area (Å²) in [6.07, 6.45) is 3.11. The summed E-state index contributed by atoms with van der Waals surface area (Å²) in [6.45, 7) is 8.61. The predicted octanol–water partition coefficient (Wildman–Crippen LogP) is 2.96. The molecule has 1 aromatic heterocycles. The van der Waals surface area contributed by atoms with Crippen molar-refractivity contribution in [1.29, 1.82) is 0 Å². The number of anilines is 1. The van der Waals surface area contributed by atoms with Crippen LogP contribution in [0.25, 0.3) is 0 Å². The Labute approximate surface area is 128 Å². The number of hydrogen-bond donors (Lipinski definition) is 1. The van der Waals surface area contributed by atoms with Crippen LogP contribution < -0.4 is 5.32 Å². The van der Waals surface area contributed by atoms with E-state index in [9.17, 15) is 8.42 Å². The lowest BCUT2D eigenvalue weighted by Crippen LogP contribution is -2.42. The Bertz CT molecular complexity index is 540. The van der Waals surface area contributed by atoms with E-state index in [1.807, 2.05) is 27.7 Å². The Morgan fingerprint density at radius 3 is 2.38 bits per heavy atom. The average Bonchev–Trinajstić information content (AvgIpc) is 2.47. The molecule has 0 bridgehead atoms. The fourth-order valence-electron chi connectivity index (χ4n) is 2.40. The summed E-state index contributed by atoms with van der Waals surface area (Å²) in [4.78, 5) is 4.11. The fourth-order valence-corrected chi connectivity index (χ4v) is 4.45. The Morgan fingerprint density at radius 1 is 1.29 bits per heavy atom. The highest BCUT2D eigenvalue weighted by atomic mass is 32.2. The number of sulfonamides is 1.